The van der Waals surface area contributed by atoms with Crippen molar-refractivity contribution in [3.63, 3.8) is 0 Å². The molecule has 0 radical (unpaired) electrons. The molecule has 3 nitrogen and oxygen atoms in total. The van der Waals surface area contributed by atoms with Crippen LogP contribution < -0.4 is 5.73 Å². The maximum Gasteiger partial charge on any atom is 0.226 e. The monoisotopic (exact) mass is 280 g/mol. The average molecular weight is 281 g/mol. The Hall–Kier alpha value is 0.0700. The number of piperidine rings is 1. The molecule has 0 bridgehead atoms. The third-order valence-corrected chi connectivity index (χ3v) is 4.11. The smallest absolute Gasteiger partial charge is 0.226 e. The molecule has 17 heavy (non-hydrogen) atoms. The Kier molecular flexibility index (Phi) is 8.25. The molecule has 1 aliphatic heterocycles. The summed E-state index contributed by atoms with van der Waals surface area (Å²) < 4.78 is 0. The van der Waals surface area contributed by atoms with Gasteiger partial charge in [0.25, 0.3) is 0 Å². The molecule has 1 heterocycles. The van der Waals surface area contributed by atoms with Crippen LogP contribution in [0.1, 0.15) is 33.1 Å². The summed E-state index contributed by atoms with van der Waals surface area (Å²) in [6.45, 7) is 4.92. The molecule has 1 amide bonds. The Balaban J connectivity index is 0.00000256. The van der Waals surface area contributed by atoms with Gasteiger partial charge in [-0.05, 0) is 32.4 Å². The van der Waals surface area contributed by atoms with E-state index in [0.29, 0.717) is 0 Å². The predicted molar refractivity (Wildman–Crippen MR) is 77.8 cm³/mol. The number of carbonyl (C=O) groups excluding carboxylic acids is 1. The number of hydrogen-bond donors (Lipinski definition) is 1. The largest absolute Gasteiger partial charge is 0.338 e. The quantitative estimate of drug-likeness (QED) is 0.858. The Morgan fingerprint density at radius 1 is 1.47 bits per heavy atom. The Bertz CT molecular complexity index is 239. The van der Waals surface area contributed by atoms with Crippen molar-refractivity contribution < 1.29 is 4.79 Å². The van der Waals surface area contributed by atoms with E-state index in [-0.39, 0.29) is 36.3 Å². The fourth-order valence-corrected chi connectivity index (χ4v) is 3.02. The second-order valence-corrected chi connectivity index (χ2v) is 5.72. The third-order valence-electron chi connectivity index (χ3n) is 3.28. The fourth-order valence-electron chi connectivity index (χ4n) is 2.38. The Morgan fingerprint density at radius 3 is 2.65 bits per heavy atom. The summed E-state index contributed by atoms with van der Waals surface area (Å²) in [7, 11) is 0. The molecule has 1 fully saturated rings. The molecular formula is C12H25ClN2OS. The molecule has 0 aromatic heterocycles. The van der Waals surface area contributed by atoms with Crippen molar-refractivity contribution in [2.24, 2.45) is 11.7 Å². The van der Waals surface area contributed by atoms with Crippen LogP contribution in [-0.2, 0) is 4.79 Å². The lowest BCUT2D eigenvalue weighted by Crippen LogP contribution is -2.53. The highest BCUT2D eigenvalue weighted by Crippen LogP contribution is 2.22. The summed E-state index contributed by atoms with van der Waals surface area (Å²) in [5.74, 6) is 1.31. The van der Waals surface area contributed by atoms with Gasteiger partial charge in [-0.1, -0.05) is 6.92 Å². The topological polar surface area (TPSA) is 46.3 Å². The second-order valence-electron chi connectivity index (χ2n) is 4.81. The average Bonchev–Trinajstić information content (AvgIpc) is 2.28. The van der Waals surface area contributed by atoms with Crippen molar-refractivity contribution >= 4 is 30.1 Å². The van der Waals surface area contributed by atoms with Gasteiger partial charge in [-0.15, -0.1) is 12.4 Å². The number of nitrogens with two attached hydrogens (primary N) is 1. The fraction of sp³-hybridized carbons (Fsp3) is 0.917. The van der Waals surface area contributed by atoms with Gasteiger partial charge < -0.3 is 10.6 Å². The van der Waals surface area contributed by atoms with Gasteiger partial charge in [-0.25, -0.2) is 0 Å². The first kappa shape index (κ1) is 17.1. The lowest BCUT2D eigenvalue weighted by molar-refractivity contribution is -0.138. The van der Waals surface area contributed by atoms with Crippen LogP contribution in [0.5, 0.6) is 0 Å². The van der Waals surface area contributed by atoms with E-state index < -0.39 is 0 Å². The Morgan fingerprint density at radius 2 is 2.12 bits per heavy atom. The maximum absolute atomic E-state index is 12.3. The molecule has 1 aliphatic rings. The molecule has 1 rings (SSSR count). The van der Waals surface area contributed by atoms with Crippen molar-refractivity contribution in [3.8, 4) is 0 Å². The molecule has 0 aromatic carbocycles. The number of amides is 1. The molecule has 3 atom stereocenters. The highest BCUT2D eigenvalue weighted by Gasteiger charge is 2.31. The number of nitrogens with zero attached hydrogens (tertiary/aromatic N) is 1. The lowest BCUT2D eigenvalue weighted by Gasteiger charge is -2.39. The van der Waals surface area contributed by atoms with Crippen LogP contribution in [0.4, 0.5) is 0 Å². The summed E-state index contributed by atoms with van der Waals surface area (Å²) in [5, 5.41) is 0. The highest BCUT2D eigenvalue weighted by atomic mass is 35.5. The second kappa shape index (κ2) is 8.22. The number of halogens is 1. The molecule has 1 saturated heterocycles. The van der Waals surface area contributed by atoms with Crippen LogP contribution in [-0.4, -0.2) is 41.4 Å². The summed E-state index contributed by atoms with van der Waals surface area (Å²) in [6.07, 6.45) is 5.44. The van der Waals surface area contributed by atoms with Gasteiger partial charge in [-0.3, -0.25) is 4.79 Å². The molecule has 102 valence electrons. The molecule has 5 heteroatoms. The van der Waals surface area contributed by atoms with Gasteiger partial charge in [0.1, 0.15) is 0 Å². The number of likely N-dealkylation sites (tertiary alicyclic amines) is 1. The van der Waals surface area contributed by atoms with E-state index in [2.05, 4.69) is 0 Å². The van der Waals surface area contributed by atoms with E-state index in [1.807, 2.05) is 25.0 Å². The van der Waals surface area contributed by atoms with E-state index in [9.17, 15) is 4.79 Å². The zero-order valence-corrected chi connectivity index (χ0v) is 12.6. The SMILES string of the molecule is CSCC(C)C(=O)N1CCCCC1C(C)N.Cl. The molecule has 0 aromatic rings. The Labute approximate surface area is 115 Å². The zero-order chi connectivity index (χ0) is 12.1. The van der Waals surface area contributed by atoms with E-state index in [1.54, 1.807) is 11.8 Å². The van der Waals surface area contributed by atoms with Crippen LogP contribution >= 0.6 is 24.2 Å². The van der Waals surface area contributed by atoms with Crippen molar-refractivity contribution in [1.29, 1.82) is 0 Å². The summed E-state index contributed by atoms with van der Waals surface area (Å²) in [4.78, 5) is 14.3. The van der Waals surface area contributed by atoms with Gasteiger partial charge in [0.2, 0.25) is 5.91 Å². The molecule has 0 saturated carbocycles. The minimum absolute atomic E-state index is 0. The van der Waals surface area contributed by atoms with Gasteiger partial charge in [0, 0.05) is 30.3 Å². The summed E-state index contributed by atoms with van der Waals surface area (Å²) in [5.41, 5.74) is 5.97. The van der Waals surface area contributed by atoms with Crippen molar-refractivity contribution in [3.05, 3.63) is 0 Å². The number of hydrogen-bond acceptors (Lipinski definition) is 3. The summed E-state index contributed by atoms with van der Waals surface area (Å²) >= 11 is 1.73. The first-order chi connectivity index (χ1) is 7.57. The van der Waals surface area contributed by atoms with Crippen molar-refractivity contribution in [1.82, 2.24) is 4.90 Å². The van der Waals surface area contributed by atoms with Crippen LogP contribution in [0.25, 0.3) is 0 Å². The number of carbonyl (C=O) groups is 1. The van der Waals surface area contributed by atoms with E-state index in [1.165, 1.54) is 6.42 Å². The van der Waals surface area contributed by atoms with Crippen LogP contribution in [0.3, 0.4) is 0 Å². The normalized spacial score (nSPS) is 23.8. The van der Waals surface area contributed by atoms with Crippen molar-refractivity contribution in [2.45, 2.75) is 45.2 Å². The molecular weight excluding hydrogens is 256 g/mol. The molecule has 0 aliphatic carbocycles. The zero-order valence-electron chi connectivity index (χ0n) is 11.0. The molecule has 2 N–H and O–H groups in total. The first-order valence-electron chi connectivity index (χ1n) is 6.13. The minimum Gasteiger partial charge on any atom is -0.338 e. The van der Waals surface area contributed by atoms with Gasteiger partial charge in [-0.2, -0.15) is 11.8 Å². The molecule has 3 unspecified atom stereocenters. The van der Waals surface area contributed by atoms with Crippen molar-refractivity contribution in [2.75, 3.05) is 18.6 Å². The number of thioether (sulfide) groups is 1. The van der Waals surface area contributed by atoms with Gasteiger partial charge in [0.05, 0.1) is 0 Å². The third kappa shape index (κ3) is 4.68. The van der Waals surface area contributed by atoms with Crippen LogP contribution in [0.15, 0.2) is 0 Å². The predicted octanol–water partition coefficient (Wildman–Crippen LogP) is 2.14. The van der Waals surface area contributed by atoms with Crippen LogP contribution in [0.2, 0.25) is 0 Å². The lowest BCUT2D eigenvalue weighted by atomic mass is 9.95. The van der Waals surface area contributed by atoms with E-state index in [0.717, 1.165) is 25.1 Å². The number of rotatable bonds is 4. The van der Waals surface area contributed by atoms with Crippen LogP contribution in [0, 0.1) is 5.92 Å². The minimum atomic E-state index is 0. The maximum atomic E-state index is 12.3. The first-order valence-corrected chi connectivity index (χ1v) is 7.52. The highest BCUT2D eigenvalue weighted by molar-refractivity contribution is 7.98. The van der Waals surface area contributed by atoms with Gasteiger partial charge >= 0.3 is 0 Å². The molecule has 0 spiro atoms. The van der Waals surface area contributed by atoms with E-state index >= 15 is 0 Å². The standard InChI is InChI=1S/C12H24N2OS.ClH/c1-9(8-16-3)12(15)14-7-5-4-6-11(14)10(2)13;/h9-11H,4-8,13H2,1-3H3;1H. The van der Waals surface area contributed by atoms with Gasteiger partial charge in [0.15, 0.2) is 0 Å². The van der Waals surface area contributed by atoms with E-state index in [4.69, 9.17) is 5.73 Å². The summed E-state index contributed by atoms with van der Waals surface area (Å²) in [6, 6.07) is 0.344.